The molecule has 18 heavy (non-hydrogen) atoms. The Morgan fingerprint density at radius 3 is 2.39 bits per heavy atom. The van der Waals surface area contributed by atoms with E-state index in [1.54, 1.807) is 6.07 Å². The van der Waals surface area contributed by atoms with Gasteiger partial charge in [-0.25, -0.2) is 4.79 Å². The topological polar surface area (TPSA) is 78.4 Å². The highest BCUT2D eigenvalue weighted by atomic mass is 16.4. The van der Waals surface area contributed by atoms with Gasteiger partial charge in [0.15, 0.2) is 11.9 Å². The van der Waals surface area contributed by atoms with Crippen molar-refractivity contribution in [1.82, 2.24) is 0 Å². The Morgan fingerprint density at radius 1 is 1.22 bits per heavy atom. The van der Waals surface area contributed by atoms with Gasteiger partial charge in [-0.2, -0.15) is 0 Å². The second-order valence-corrected chi connectivity index (χ2v) is 4.91. The van der Waals surface area contributed by atoms with E-state index in [4.69, 9.17) is 5.11 Å². The molecule has 1 fully saturated rings. The van der Waals surface area contributed by atoms with E-state index < -0.39 is 12.1 Å². The van der Waals surface area contributed by atoms with Crippen molar-refractivity contribution >= 4 is 23.1 Å². The Labute approximate surface area is 104 Å². The smallest absolute Gasteiger partial charge is 0.347 e. The van der Waals surface area contributed by atoms with Gasteiger partial charge in [0.25, 0.3) is 0 Å². The maximum Gasteiger partial charge on any atom is 0.347 e. The molecule has 94 valence electrons. The molecule has 1 atom stereocenters. The van der Waals surface area contributed by atoms with Gasteiger partial charge in [-0.15, -0.1) is 0 Å². The summed E-state index contributed by atoms with van der Waals surface area (Å²) in [5.74, 6) is -0.610. The molecule has 0 saturated heterocycles. The summed E-state index contributed by atoms with van der Waals surface area (Å²) in [5.41, 5.74) is 3.03. The van der Waals surface area contributed by atoms with Crippen molar-refractivity contribution in [2.75, 3.05) is 10.6 Å². The van der Waals surface area contributed by atoms with Crippen LogP contribution in [0.3, 0.4) is 0 Å². The first-order valence-corrected chi connectivity index (χ1v) is 6.01. The highest BCUT2D eigenvalue weighted by Crippen LogP contribution is 2.37. The molecule has 3 N–H and O–H groups in total. The second-order valence-electron chi connectivity index (χ2n) is 4.91. The average Bonchev–Trinajstić information content (AvgIpc) is 3.08. The molecule has 1 aliphatic heterocycles. The Bertz CT molecular complexity index is 549. The maximum atomic E-state index is 12.1. The van der Waals surface area contributed by atoms with Crippen LogP contribution in [0.1, 0.15) is 28.8 Å². The van der Waals surface area contributed by atoms with E-state index >= 15 is 0 Å². The van der Waals surface area contributed by atoms with Gasteiger partial charge < -0.3 is 15.7 Å². The highest BCUT2D eigenvalue weighted by molar-refractivity contribution is 6.03. The van der Waals surface area contributed by atoms with E-state index in [1.807, 2.05) is 13.0 Å². The van der Waals surface area contributed by atoms with Crippen LogP contribution in [-0.2, 0) is 4.79 Å². The molecular weight excluding hydrogens is 232 g/mol. The molecule has 1 aromatic carbocycles. The molecule has 1 unspecified atom stereocenters. The minimum Gasteiger partial charge on any atom is -0.478 e. The number of ketones is 1. The molecular formula is C13H14N2O3. The molecule has 0 amide bonds. The van der Waals surface area contributed by atoms with Gasteiger partial charge in [-0.1, -0.05) is 0 Å². The fourth-order valence-corrected chi connectivity index (χ4v) is 2.25. The van der Waals surface area contributed by atoms with Gasteiger partial charge in [-0.05, 0) is 37.5 Å². The SMILES string of the molecule is Cc1cc2c(cc1C(=O)C1CC1)NC(C(=O)O)N2. The number of Topliss-reactive ketones (excluding diaryl/α,β-unsaturated/α-hetero) is 1. The number of carbonyl (C=O) groups excluding carboxylic acids is 1. The van der Waals surface area contributed by atoms with Crippen LogP contribution >= 0.6 is 0 Å². The molecule has 3 rings (SSSR count). The Hall–Kier alpha value is -2.04. The zero-order chi connectivity index (χ0) is 12.9. The number of hydrogen-bond acceptors (Lipinski definition) is 4. The zero-order valence-corrected chi connectivity index (χ0v) is 9.99. The summed E-state index contributed by atoms with van der Waals surface area (Å²) in [7, 11) is 0. The number of rotatable bonds is 3. The summed E-state index contributed by atoms with van der Waals surface area (Å²) in [4.78, 5) is 23.0. The van der Waals surface area contributed by atoms with Crippen LogP contribution in [0.2, 0.25) is 0 Å². The highest BCUT2D eigenvalue weighted by Gasteiger charge is 2.33. The Morgan fingerprint density at radius 2 is 1.83 bits per heavy atom. The number of hydrogen-bond donors (Lipinski definition) is 3. The monoisotopic (exact) mass is 246 g/mol. The molecule has 0 aromatic heterocycles. The van der Waals surface area contributed by atoms with Gasteiger partial charge in [0.05, 0.1) is 11.4 Å². The first kappa shape index (κ1) is 11.1. The number of aryl methyl sites for hydroxylation is 1. The first-order chi connectivity index (χ1) is 8.56. The molecule has 5 heteroatoms. The van der Waals surface area contributed by atoms with Gasteiger partial charge >= 0.3 is 5.97 Å². The molecule has 1 heterocycles. The summed E-state index contributed by atoms with van der Waals surface area (Å²) < 4.78 is 0. The number of nitrogens with one attached hydrogen (secondary N) is 2. The largest absolute Gasteiger partial charge is 0.478 e. The lowest BCUT2D eigenvalue weighted by Crippen LogP contribution is -2.31. The normalized spacial score (nSPS) is 20.8. The summed E-state index contributed by atoms with van der Waals surface area (Å²) in [6.45, 7) is 1.88. The summed E-state index contributed by atoms with van der Waals surface area (Å²) in [5, 5.41) is 14.7. The third kappa shape index (κ3) is 1.72. The summed E-state index contributed by atoms with van der Waals surface area (Å²) in [6, 6.07) is 3.60. The van der Waals surface area contributed by atoms with Crippen molar-refractivity contribution in [3.63, 3.8) is 0 Å². The van der Waals surface area contributed by atoms with E-state index in [2.05, 4.69) is 10.6 Å². The second kappa shape index (κ2) is 3.73. The van der Waals surface area contributed by atoms with E-state index in [9.17, 15) is 9.59 Å². The maximum absolute atomic E-state index is 12.1. The summed E-state index contributed by atoms with van der Waals surface area (Å²) >= 11 is 0. The molecule has 0 spiro atoms. The number of benzene rings is 1. The van der Waals surface area contributed by atoms with E-state index in [-0.39, 0.29) is 11.7 Å². The van der Waals surface area contributed by atoms with Crippen LogP contribution in [0.25, 0.3) is 0 Å². The Balaban J connectivity index is 1.94. The summed E-state index contributed by atoms with van der Waals surface area (Å²) in [6.07, 6.45) is 1.13. The van der Waals surface area contributed by atoms with Crippen LogP contribution in [0.5, 0.6) is 0 Å². The number of carbonyl (C=O) groups is 2. The van der Waals surface area contributed by atoms with Crippen molar-refractivity contribution in [3.05, 3.63) is 23.3 Å². The van der Waals surface area contributed by atoms with Crippen molar-refractivity contribution in [3.8, 4) is 0 Å². The predicted octanol–water partition coefficient (Wildman–Crippen LogP) is 1.84. The number of carboxylic acids is 1. The molecule has 2 aliphatic rings. The fourth-order valence-electron chi connectivity index (χ4n) is 2.25. The number of carboxylic acid groups (broad SMARTS) is 1. The molecule has 1 aromatic rings. The molecule has 1 aliphatic carbocycles. The van der Waals surface area contributed by atoms with Crippen LogP contribution in [-0.4, -0.2) is 23.0 Å². The van der Waals surface area contributed by atoms with Crippen LogP contribution in [0.15, 0.2) is 12.1 Å². The van der Waals surface area contributed by atoms with Gasteiger partial charge in [0, 0.05) is 11.5 Å². The van der Waals surface area contributed by atoms with E-state index in [0.29, 0.717) is 11.3 Å². The third-order valence-corrected chi connectivity index (χ3v) is 3.42. The van der Waals surface area contributed by atoms with E-state index in [1.165, 1.54) is 0 Å². The predicted molar refractivity (Wildman–Crippen MR) is 66.9 cm³/mol. The van der Waals surface area contributed by atoms with Gasteiger partial charge in [0.2, 0.25) is 0 Å². The van der Waals surface area contributed by atoms with Gasteiger partial charge in [-0.3, -0.25) is 4.79 Å². The van der Waals surface area contributed by atoms with Crippen molar-refractivity contribution in [2.45, 2.75) is 25.9 Å². The zero-order valence-electron chi connectivity index (χ0n) is 9.99. The molecule has 1 saturated carbocycles. The van der Waals surface area contributed by atoms with Crippen LogP contribution in [0.4, 0.5) is 11.4 Å². The number of anilines is 2. The van der Waals surface area contributed by atoms with E-state index in [0.717, 1.165) is 24.1 Å². The lowest BCUT2D eigenvalue weighted by atomic mass is 10.00. The van der Waals surface area contributed by atoms with Crippen molar-refractivity contribution < 1.29 is 14.7 Å². The number of fused-ring (bicyclic) bond motifs is 1. The van der Waals surface area contributed by atoms with Crippen LogP contribution in [0, 0.1) is 12.8 Å². The van der Waals surface area contributed by atoms with Crippen molar-refractivity contribution in [2.24, 2.45) is 5.92 Å². The molecule has 0 bridgehead atoms. The molecule has 0 radical (unpaired) electrons. The number of aliphatic carboxylic acids is 1. The minimum absolute atomic E-state index is 0.173. The Kier molecular flexibility index (Phi) is 2.29. The van der Waals surface area contributed by atoms with Crippen molar-refractivity contribution in [1.29, 1.82) is 0 Å². The van der Waals surface area contributed by atoms with Gasteiger partial charge in [0.1, 0.15) is 0 Å². The minimum atomic E-state index is -0.959. The standard InChI is InChI=1S/C13H14N2O3/c1-6-4-9-10(15-12(14-9)13(17)18)5-8(6)11(16)7-2-3-7/h4-5,7,12,14-15H,2-3H2,1H3,(H,17,18). The third-order valence-electron chi connectivity index (χ3n) is 3.42. The first-order valence-electron chi connectivity index (χ1n) is 6.01. The fraction of sp³-hybridized carbons (Fsp3) is 0.385. The molecule has 5 nitrogen and oxygen atoms in total. The lowest BCUT2D eigenvalue weighted by molar-refractivity contribution is -0.137. The average molecular weight is 246 g/mol. The quantitative estimate of drug-likeness (QED) is 0.709. The lowest BCUT2D eigenvalue weighted by Gasteiger charge is -2.07. The van der Waals surface area contributed by atoms with Crippen LogP contribution < -0.4 is 10.6 Å².